The highest BCUT2D eigenvalue weighted by atomic mass is 16.5. The van der Waals surface area contributed by atoms with Crippen molar-refractivity contribution in [3.05, 3.63) is 107 Å². The molecule has 3 aromatic carbocycles. The van der Waals surface area contributed by atoms with E-state index in [0.29, 0.717) is 29.9 Å². The number of amides is 1. The molecule has 7 heteroatoms. The molecule has 0 saturated heterocycles. The number of carbonyl (C=O) groups is 1. The van der Waals surface area contributed by atoms with Crippen LogP contribution in [0.4, 0.5) is 5.69 Å². The van der Waals surface area contributed by atoms with Crippen molar-refractivity contribution in [2.75, 3.05) is 5.32 Å². The van der Waals surface area contributed by atoms with Gasteiger partial charge in [0.2, 0.25) is 5.65 Å². The third-order valence-electron chi connectivity index (χ3n) is 5.55. The molecular weight excluding hydrogens is 426 g/mol. The van der Waals surface area contributed by atoms with Gasteiger partial charge in [0, 0.05) is 16.8 Å². The number of H-pyrrole nitrogens is 1. The highest BCUT2D eigenvalue weighted by molar-refractivity contribution is 6.05. The molecule has 0 fully saturated rings. The first kappa shape index (κ1) is 21.5. The first-order chi connectivity index (χ1) is 16.7. The van der Waals surface area contributed by atoms with E-state index < -0.39 is 0 Å². The third kappa shape index (κ3) is 4.84. The second kappa shape index (κ2) is 9.64. The quantitative estimate of drug-likeness (QED) is 0.352. The number of pyridine rings is 1. The summed E-state index contributed by atoms with van der Waals surface area (Å²) >= 11 is 0. The van der Waals surface area contributed by atoms with Crippen molar-refractivity contribution in [1.82, 2.24) is 20.4 Å². The van der Waals surface area contributed by atoms with Crippen molar-refractivity contribution in [2.24, 2.45) is 0 Å². The van der Waals surface area contributed by atoms with Gasteiger partial charge in [-0.3, -0.25) is 4.79 Å². The fraction of sp³-hybridized carbons (Fsp3) is 0.111. The molecular formula is C27H23N5O2. The number of hydrogen-bond donors (Lipinski definition) is 2. The van der Waals surface area contributed by atoms with Gasteiger partial charge in [0.15, 0.2) is 0 Å². The number of nitrogens with zero attached hydrogens (tertiary/aromatic N) is 3. The van der Waals surface area contributed by atoms with Crippen LogP contribution in [0.5, 0.6) is 0 Å². The Morgan fingerprint density at radius 1 is 0.882 bits per heavy atom. The van der Waals surface area contributed by atoms with E-state index in [-0.39, 0.29) is 5.91 Å². The number of hydrogen-bond acceptors (Lipinski definition) is 5. The summed E-state index contributed by atoms with van der Waals surface area (Å²) in [5, 5.41) is 13.6. The lowest BCUT2D eigenvalue weighted by Crippen LogP contribution is -2.12. The molecule has 1 amide bonds. The summed E-state index contributed by atoms with van der Waals surface area (Å²) in [5.74, 6) is -0.183. The average Bonchev–Trinajstić information content (AvgIpc) is 3.34. The Bertz CT molecular complexity index is 1430. The van der Waals surface area contributed by atoms with Crippen LogP contribution in [0.1, 0.15) is 27.0 Å². The Hall–Kier alpha value is -4.36. The summed E-state index contributed by atoms with van der Waals surface area (Å²) in [4.78, 5) is 17.5. The topological polar surface area (TPSA) is 92.8 Å². The predicted molar refractivity (Wildman–Crippen MR) is 131 cm³/mol. The number of anilines is 1. The summed E-state index contributed by atoms with van der Waals surface area (Å²) in [7, 11) is 0. The summed E-state index contributed by atoms with van der Waals surface area (Å²) in [6.07, 6.45) is 0. The van der Waals surface area contributed by atoms with Crippen LogP contribution in [0, 0.1) is 6.92 Å². The maximum absolute atomic E-state index is 12.9. The molecule has 168 valence electrons. The Labute approximate surface area is 196 Å². The molecule has 0 atom stereocenters. The summed E-state index contributed by atoms with van der Waals surface area (Å²) < 4.78 is 5.78. The predicted octanol–water partition coefficient (Wildman–Crippen LogP) is 5.30. The van der Waals surface area contributed by atoms with Crippen LogP contribution in [0.3, 0.4) is 0 Å². The molecule has 0 aliphatic heterocycles. The van der Waals surface area contributed by atoms with Crippen molar-refractivity contribution in [2.45, 2.75) is 20.1 Å². The van der Waals surface area contributed by atoms with Crippen LogP contribution in [0.25, 0.3) is 22.4 Å². The number of fused-ring (bicyclic) bond motifs is 1. The van der Waals surface area contributed by atoms with E-state index in [0.717, 1.165) is 33.6 Å². The molecule has 2 aromatic heterocycles. The lowest BCUT2D eigenvalue weighted by Gasteiger charge is -2.10. The first-order valence-corrected chi connectivity index (χ1v) is 11.0. The van der Waals surface area contributed by atoms with Crippen LogP contribution >= 0.6 is 0 Å². The normalized spacial score (nSPS) is 11.0. The number of aryl methyl sites for hydroxylation is 1. The fourth-order valence-electron chi connectivity index (χ4n) is 3.67. The molecule has 34 heavy (non-hydrogen) atoms. The van der Waals surface area contributed by atoms with Gasteiger partial charge in [0.25, 0.3) is 5.91 Å². The van der Waals surface area contributed by atoms with Crippen LogP contribution in [-0.4, -0.2) is 26.3 Å². The largest absolute Gasteiger partial charge is 0.372 e. The number of aromatic amines is 1. The van der Waals surface area contributed by atoms with Gasteiger partial charge in [-0.2, -0.15) is 10.3 Å². The molecule has 7 nitrogen and oxygen atoms in total. The molecule has 5 rings (SSSR count). The molecule has 0 aliphatic rings. The van der Waals surface area contributed by atoms with E-state index >= 15 is 0 Å². The van der Waals surface area contributed by atoms with Crippen LogP contribution in [-0.2, 0) is 18.0 Å². The molecule has 0 radical (unpaired) electrons. The number of ether oxygens (including phenoxy) is 1. The van der Waals surface area contributed by atoms with Crippen molar-refractivity contribution in [3.8, 4) is 11.3 Å². The summed E-state index contributed by atoms with van der Waals surface area (Å²) in [6, 6.07) is 27.1. The van der Waals surface area contributed by atoms with E-state index in [9.17, 15) is 4.79 Å². The number of aromatic nitrogens is 4. The summed E-state index contributed by atoms with van der Waals surface area (Å²) in [5.41, 5.74) is 7.34. The minimum Gasteiger partial charge on any atom is -0.372 e. The molecule has 0 saturated carbocycles. The molecule has 2 heterocycles. The van der Waals surface area contributed by atoms with Gasteiger partial charge in [0.05, 0.1) is 18.9 Å². The van der Waals surface area contributed by atoms with Gasteiger partial charge in [-0.25, -0.2) is 4.98 Å². The maximum atomic E-state index is 12.9. The smallest absolute Gasteiger partial charge is 0.255 e. The van der Waals surface area contributed by atoms with Crippen molar-refractivity contribution < 1.29 is 9.53 Å². The SMILES string of the molecule is Cc1ccc(C(=O)Nc2ccc(COCc3ccccc3)cc2)cc1-c1ccc2n[nH]nc2n1. The van der Waals surface area contributed by atoms with Gasteiger partial charge < -0.3 is 10.1 Å². The Kier molecular flexibility index (Phi) is 6.09. The lowest BCUT2D eigenvalue weighted by atomic mass is 10.0. The number of rotatable bonds is 7. The molecule has 2 N–H and O–H groups in total. The molecule has 0 spiro atoms. The fourth-order valence-corrected chi connectivity index (χ4v) is 3.67. The highest BCUT2D eigenvalue weighted by Crippen LogP contribution is 2.25. The second-order valence-corrected chi connectivity index (χ2v) is 8.02. The molecule has 0 bridgehead atoms. The highest BCUT2D eigenvalue weighted by Gasteiger charge is 2.12. The minimum absolute atomic E-state index is 0.183. The number of carbonyl (C=O) groups excluding carboxylic acids is 1. The minimum atomic E-state index is -0.183. The Morgan fingerprint density at radius 2 is 1.65 bits per heavy atom. The van der Waals surface area contributed by atoms with Crippen LogP contribution in [0.2, 0.25) is 0 Å². The molecule has 0 unspecified atom stereocenters. The van der Waals surface area contributed by atoms with Crippen LogP contribution in [0.15, 0.2) is 84.9 Å². The van der Waals surface area contributed by atoms with Gasteiger partial charge in [-0.05, 0) is 60.0 Å². The lowest BCUT2D eigenvalue weighted by molar-refractivity contribution is 0.102. The van der Waals surface area contributed by atoms with Gasteiger partial charge in [-0.15, -0.1) is 5.10 Å². The first-order valence-electron chi connectivity index (χ1n) is 11.0. The van der Waals surface area contributed by atoms with Gasteiger partial charge in [-0.1, -0.05) is 48.5 Å². The Balaban J connectivity index is 1.24. The van der Waals surface area contributed by atoms with Crippen molar-refractivity contribution in [1.29, 1.82) is 0 Å². The zero-order chi connectivity index (χ0) is 23.3. The summed E-state index contributed by atoms with van der Waals surface area (Å²) in [6.45, 7) is 3.06. The second-order valence-electron chi connectivity index (χ2n) is 8.02. The Morgan fingerprint density at radius 3 is 2.44 bits per heavy atom. The van der Waals surface area contributed by atoms with Crippen molar-refractivity contribution >= 4 is 22.8 Å². The van der Waals surface area contributed by atoms with Gasteiger partial charge >= 0.3 is 0 Å². The molecule has 0 aliphatic carbocycles. The van der Waals surface area contributed by atoms with E-state index in [1.807, 2.05) is 91.9 Å². The molecule has 5 aromatic rings. The standard InChI is InChI=1S/C27H23N5O2/c1-18-7-10-21(15-23(18)24-13-14-25-26(29-24)31-32-30-25)27(33)28-22-11-8-20(9-12-22)17-34-16-19-5-3-2-4-6-19/h2-15H,16-17H2,1H3,(H,28,33)(H,29,30,31,32). The van der Waals surface area contributed by atoms with Crippen molar-refractivity contribution in [3.63, 3.8) is 0 Å². The van der Waals surface area contributed by atoms with Gasteiger partial charge in [0.1, 0.15) is 5.52 Å². The monoisotopic (exact) mass is 449 g/mol. The number of nitrogens with one attached hydrogen (secondary N) is 2. The van der Waals surface area contributed by atoms with E-state index in [1.165, 1.54) is 0 Å². The van der Waals surface area contributed by atoms with E-state index in [4.69, 9.17) is 4.74 Å². The zero-order valence-electron chi connectivity index (χ0n) is 18.7. The van der Waals surface area contributed by atoms with Crippen LogP contribution < -0.4 is 5.32 Å². The average molecular weight is 450 g/mol. The van der Waals surface area contributed by atoms with E-state index in [2.05, 4.69) is 25.7 Å². The maximum Gasteiger partial charge on any atom is 0.255 e. The van der Waals surface area contributed by atoms with E-state index in [1.54, 1.807) is 0 Å². The number of benzene rings is 3. The third-order valence-corrected chi connectivity index (χ3v) is 5.55. The zero-order valence-corrected chi connectivity index (χ0v) is 18.7.